The van der Waals surface area contributed by atoms with Crippen LogP contribution in [0.3, 0.4) is 0 Å². The smallest absolute Gasteiger partial charge is 0.331 e. The lowest BCUT2D eigenvalue weighted by Gasteiger charge is -2.42. The van der Waals surface area contributed by atoms with Crippen LogP contribution < -0.4 is 0 Å². The van der Waals surface area contributed by atoms with Crippen molar-refractivity contribution in [1.29, 1.82) is 0 Å². The molecular formula is C35H48N2O11. The fraction of sp³-hybridized carbons (Fsp3) is 0.686. The molecule has 264 valence electrons. The summed E-state index contributed by atoms with van der Waals surface area (Å²) in [6.07, 6.45) is 7.94. The van der Waals surface area contributed by atoms with Gasteiger partial charge in [0.1, 0.15) is 23.9 Å². The van der Waals surface area contributed by atoms with Crippen LogP contribution in [0.1, 0.15) is 53.2 Å². The summed E-state index contributed by atoms with van der Waals surface area (Å²) in [5, 5.41) is 20.8. The van der Waals surface area contributed by atoms with Crippen molar-refractivity contribution in [1.82, 2.24) is 9.55 Å². The molecule has 2 bridgehead atoms. The van der Waals surface area contributed by atoms with Crippen molar-refractivity contribution < 1.29 is 53.0 Å². The maximum atomic E-state index is 13.3. The van der Waals surface area contributed by atoms with Crippen LogP contribution in [0.2, 0.25) is 0 Å². The van der Waals surface area contributed by atoms with Gasteiger partial charge in [0.25, 0.3) is 0 Å². The second kappa shape index (κ2) is 13.1. The number of epoxide rings is 1. The zero-order chi connectivity index (χ0) is 34.6. The third-order valence-corrected chi connectivity index (χ3v) is 10.8. The average molecular weight is 673 g/mol. The van der Waals surface area contributed by atoms with Gasteiger partial charge in [-0.3, -0.25) is 4.79 Å². The van der Waals surface area contributed by atoms with Crippen LogP contribution in [0.15, 0.2) is 42.4 Å². The Morgan fingerprint density at radius 1 is 1.19 bits per heavy atom. The van der Waals surface area contributed by atoms with Crippen LogP contribution in [0.4, 0.5) is 0 Å². The van der Waals surface area contributed by atoms with Crippen LogP contribution in [-0.2, 0) is 49.8 Å². The first-order valence-electron chi connectivity index (χ1n) is 16.7. The minimum atomic E-state index is -1.40. The molecule has 1 aromatic heterocycles. The Morgan fingerprint density at radius 2 is 1.96 bits per heavy atom. The minimum absolute atomic E-state index is 0.0338. The van der Waals surface area contributed by atoms with Gasteiger partial charge in [-0.1, -0.05) is 19.9 Å². The van der Waals surface area contributed by atoms with E-state index >= 15 is 0 Å². The van der Waals surface area contributed by atoms with Crippen molar-refractivity contribution in [3.63, 3.8) is 0 Å². The standard InChI is InChI=1S/C35H48N2O11/c1-19(2)23-13-28-34(5,47-28)25-14-27(46-29(40)9-8-22-15-37(6)18-36-22)33(4)10-11-35(42-7,48-33)21(12-24(23)25)16-43-32-31(45-20(3)38)30(41)26(39)17-44-32/h8-12,15,18-19,23-28,30-32,39,41H,13-14,16-17H2,1-7H3/t23-,24-,25-,26?,27+,28?,30?,31?,32?,33+,34?,35-/m1/s1. The Labute approximate surface area is 280 Å². The molecule has 1 saturated carbocycles. The maximum absolute atomic E-state index is 13.3. The Morgan fingerprint density at radius 3 is 2.62 bits per heavy atom. The van der Waals surface area contributed by atoms with Crippen LogP contribution in [-0.4, -0.2) is 106 Å². The van der Waals surface area contributed by atoms with Gasteiger partial charge >= 0.3 is 11.9 Å². The average Bonchev–Trinajstić information content (AvgIpc) is 3.32. The number of carbonyl (C=O) groups is 2. The lowest BCUT2D eigenvalue weighted by Crippen LogP contribution is -2.55. The number of aliphatic hydroxyl groups is 2. The highest BCUT2D eigenvalue weighted by atomic mass is 16.7. The monoisotopic (exact) mass is 672 g/mol. The van der Waals surface area contributed by atoms with Crippen molar-refractivity contribution in [3.05, 3.63) is 48.1 Å². The van der Waals surface area contributed by atoms with Crippen molar-refractivity contribution in [2.75, 3.05) is 20.3 Å². The van der Waals surface area contributed by atoms with Crippen molar-refractivity contribution in [3.8, 4) is 0 Å². The maximum Gasteiger partial charge on any atom is 0.331 e. The largest absolute Gasteiger partial charge is 0.456 e. The second-order valence-corrected chi connectivity index (χ2v) is 14.4. The summed E-state index contributed by atoms with van der Waals surface area (Å²) in [7, 11) is 3.39. The number of hydrogen-bond donors (Lipinski definition) is 2. The van der Waals surface area contributed by atoms with Crippen LogP contribution in [0.25, 0.3) is 6.08 Å². The van der Waals surface area contributed by atoms with Crippen molar-refractivity contribution in [2.24, 2.45) is 30.7 Å². The predicted octanol–water partition coefficient (Wildman–Crippen LogP) is 2.46. The Balaban J connectivity index is 1.35. The quantitative estimate of drug-likeness (QED) is 0.171. The minimum Gasteiger partial charge on any atom is -0.456 e. The molecule has 6 rings (SSSR count). The summed E-state index contributed by atoms with van der Waals surface area (Å²) in [5.74, 6) is -2.11. The third kappa shape index (κ3) is 6.53. The zero-order valence-corrected chi connectivity index (χ0v) is 28.6. The number of methoxy groups -OCH3 is 1. The molecule has 0 amide bonds. The molecule has 12 atom stereocenters. The number of fused-ring (bicyclic) bond motifs is 5. The number of aryl methyl sites for hydroxylation is 1. The number of ether oxygens (including phenoxy) is 7. The predicted molar refractivity (Wildman–Crippen MR) is 170 cm³/mol. The van der Waals surface area contributed by atoms with E-state index < -0.39 is 59.6 Å². The number of allylic oxidation sites excluding steroid dienone is 1. The van der Waals surface area contributed by atoms with E-state index in [2.05, 4.69) is 31.8 Å². The highest BCUT2D eigenvalue weighted by molar-refractivity contribution is 5.86. The summed E-state index contributed by atoms with van der Waals surface area (Å²) in [6.45, 7) is 9.33. The topological polar surface area (TPSA) is 160 Å². The molecule has 0 aromatic carbocycles. The van der Waals surface area contributed by atoms with Gasteiger partial charge in [-0.15, -0.1) is 0 Å². The molecule has 4 aliphatic heterocycles. The third-order valence-electron chi connectivity index (χ3n) is 10.8. The molecule has 48 heavy (non-hydrogen) atoms. The molecule has 3 fully saturated rings. The van der Waals surface area contributed by atoms with E-state index in [-0.39, 0.29) is 37.1 Å². The molecule has 2 saturated heterocycles. The molecule has 0 spiro atoms. The molecule has 1 aromatic rings. The fourth-order valence-electron chi connectivity index (χ4n) is 7.95. The summed E-state index contributed by atoms with van der Waals surface area (Å²) in [5.41, 5.74) is -0.245. The van der Waals surface area contributed by atoms with Gasteiger partial charge in [0.15, 0.2) is 12.4 Å². The van der Waals surface area contributed by atoms with E-state index in [1.807, 2.05) is 26.1 Å². The van der Waals surface area contributed by atoms with E-state index in [9.17, 15) is 19.8 Å². The summed E-state index contributed by atoms with van der Waals surface area (Å²) in [4.78, 5) is 29.5. The van der Waals surface area contributed by atoms with E-state index in [1.165, 1.54) is 20.1 Å². The zero-order valence-electron chi connectivity index (χ0n) is 28.6. The lowest BCUT2D eigenvalue weighted by atomic mass is 9.61. The molecule has 13 nitrogen and oxygen atoms in total. The fourth-order valence-corrected chi connectivity index (χ4v) is 7.95. The van der Waals surface area contributed by atoms with E-state index in [4.69, 9.17) is 33.2 Å². The number of hydrogen-bond acceptors (Lipinski definition) is 12. The highest BCUT2D eigenvalue weighted by Gasteiger charge is 2.66. The highest BCUT2D eigenvalue weighted by Crippen LogP contribution is 2.60. The Kier molecular flexibility index (Phi) is 9.53. The second-order valence-electron chi connectivity index (χ2n) is 14.4. The number of aromatic nitrogens is 2. The van der Waals surface area contributed by atoms with E-state index in [1.54, 1.807) is 23.2 Å². The number of nitrogens with zero attached hydrogens (tertiary/aromatic N) is 2. The Bertz CT molecular complexity index is 1470. The first-order valence-corrected chi connectivity index (χ1v) is 16.7. The lowest BCUT2D eigenvalue weighted by molar-refractivity contribution is -0.277. The van der Waals surface area contributed by atoms with Crippen molar-refractivity contribution in [2.45, 2.75) is 101 Å². The van der Waals surface area contributed by atoms with Gasteiger partial charge in [0, 0.05) is 44.8 Å². The molecule has 0 radical (unpaired) electrons. The van der Waals surface area contributed by atoms with Crippen LogP contribution >= 0.6 is 0 Å². The summed E-state index contributed by atoms with van der Waals surface area (Å²) < 4.78 is 44.6. The van der Waals surface area contributed by atoms with Crippen LogP contribution in [0, 0.1) is 23.7 Å². The van der Waals surface area contributed by atoms with Gasteiger partial charge in [0.2, 0.25) is 5.79 Å². The number of rotatable bonds is 9. The molecule has 6 unspecified atom stereocenters. The summed E-state index contributed by atoms with van der Waals surface area (Å²) in [6, 6.07) is 0. The summed E-state index contributed by atoms with van der Waals surface area (Å²) >= 11 is 0. The number of esters is 2. The molecule has 13 heteroatoms. The normalized spacial score (nSPS) is 42.0. The first kappa shape index (κ1) is 34.9. The van der Waals surface area contributed by atoms with Gasteiger partial charge in [-0.25, -0.2) is 9.78 Å². The van der Waals surface area contributed by atoms with E-state index in [0.717, 1.165) is 6.42 Å². The van der Waals surface area contributed by atoms with Gasteiger partial charge < -0.3 is 47.9 Å². The van der Waals surface area contributed by atoms with E-state index in [0.29, 0.717) is 23.6 Å². The molecule has 2 N–H and O–H groups in total. The molecule has 1 aliphatic carbocycles. The van der Waals surface area contributed by atoms with Crippen LogP contribution in [0.5, 0.6) is 0 Å². The van der Waals surface area contributed by atoms with Gasteiger partial charge in [0.05, 0.1) is 36.9 Å². The van der Waals surface area contributed by atoms with Gasteiger partial charge in [-0.2, -0.15) is 0 Å². The van der Waals surface area contributed by atoms with Gasteiger partial charge in [-0.05, 0) is 62.7 Å². The number of aliphatic hydroxyl groups excluding tert-OH is 2. The molecule has 5 aliphatic rings. The number of carbonyl (C=O) groups excluding carboxylic acids is 2. The first-order chi connectivity index (χ1) is 22.7. The SMILES string of the molecule is CO[C@]12C=C[C@](C)(O1)[C@@H](OC(=O)C=Cc1cn(C)cn1)C[C@@H]1[C@H](C=C2COC2OCC(O)C(O)C2OC(C)=O)[C@@H](C(C)C)CC2OC21C. The Hall–Kier alpha value is -2.91. The molecular weight excluding hydrogens is 624 g/mol. The molecule has 5 heterocycles. The van der Waals surface area contributed by atoms with Crippen molar-refractivity contribution >= 4 is 18.0 Å². The number of imidazole rings is 1.